The summed E-state index contributed by atoms with van der Waals surface area (Å²) in [7, 11) is 0. The van der Waals surface area contributed by atoms with Gasteiger partial charge < -0.3 is 0 Å². The van der Waals surface area contributed by atoms with Gasteiger partial charge in [-0.1, -0.05) is 133 Å². The Hall–Kier alpha value is -6.36. The minimum Gasteiger partial charge on any atom is -0.277 e. The van der Waals surface area contributed by atoms with Gasteiger partial charge >= 0.3 is 0 Å². The van der Waals surface area contributed by atoms with Gasteiger partial charge in [-0.3, -0.25) is 4.57 Å². The molecular weight excluding hydrogens is 627 g/mol. The van der Waals surface area contributed by atoms with Crippen LogP contribution in [0.2, 0.25) is 0 Å². The maximum Gasteiger partial charge on any atom is 0.235 e. The number of para-hydroxylation sites is 1. The highest BCUT2D eigenvalue weighted by atomic mass is 32.1. The van der Waals surface area contributed by atoms with Crippen LogP contribution >= 0.6 is 11.3 Å². The van der Waals surface area contributed by atoms with Gasteiger partial charge in [0, 0.05) is 52.8 Å². The fraction of sp³-hybridized carbons (Fsp3) is 0. The Balaban J connectivity index is 1.36. The van der Waals surface area contributed by atoms with E-state index in [4.69, 9.17) is 9.97 Å². The standard InChI is InChI=1S/C46H27N3S/c1-2-13-29(14-3-1)43-36-19-8-10-20-39(36)47-46(48-43)49-44-33-17-7-4-12-28(33)22-24-35(44)38-26-30-15-5-6-16-32(30)42(45(38)49)31-23-25-41-37(27-31)34-18-9-11-21-40(34)50-41/h1-27H. The molecule has 11 rings (SSSR count). The first kappa shape index (κ1) is 27.6. The molecule has 0 spiro atoms. The predicted molar refractivity (Wildman–Crippen MR) is 213 cm³/mol. The van der Waals surface area contributed by atoms with E-state index in [9.17, 15) is 0 Å². The number of hydrogen-bond donors (Lipinski definition) is 0. The van der Waals surface area contributed by atoms with Crippen molar-refractivity contribution in [1.29, 1.82) is 0 Å². The number of thiophene rings is 1. The molecule has 4 heteroatoms. The van der Waals surface area contributed by atoms with Crippen molar-refractivity contribution in [1.82, 2.24) is 14.5 Å². The minimum atomic E-state index is 0.664. The zero-order valence-corrected chi connectivity index (χ0v) is 27.7. The van der Waals surface area contributed by atoms with E-state index in [2.05, 4.69) is 168 Å². The average molecular weight is 654 g/mol. The molecule has 0 fully saturated rings. The van der Waals surface area contributed by atoms with Crippen LogP contribution in [0.4, 0.5) is 0 Å². The van der Waals surface area contributed by atoms with Crippen LogP contribution in [0.25, 0.3) is 103 Å². The molecule has 0 aliphatic heterocycles. The van der Waals surface area contributed by atoms with Crippen LogP contribution in [0.15, 0.2) is 164 Å². The van der Waals surface area contributed by atoms with Gasteiger partial charge in [-0.2, -0.15) is 0 Å². The smallest absolute Gasteiger partial charge is 0.235 e. The van der Waals surface area contributed by atoms with Crippen molar-refractivity contribution in [3.63, 3.8) is 0 Å². The lowest BCUT2D eigenvalue weighted by atomic mass is 9.94. The monoisotopic (exact) mass is 653 g/mol. The van der Waals surface area contributed by atoms with Gasteiger partial charge in [-0.05, 0) is 52.1 Å². The van der Waals surface area contributed by atoms with Crippen LogP contribution in [-0.2, 0) is 0 Å². The summed E-state index contributed by atoms with van der Waals surface area (Å²) in [6.45, 7) is 0. The fourth-order valence-electron chi connectivity index (χ4n) is 7.95. The van der Waals surface area contributed by atoms with Crippen molar-refractivity contribution in [2.45, 2.75) is 0 Å². The molecule has 11 aromatic rings. The lowest BCUT2D eigenvalue weighted by molar-refractivity contribution is 1.02. The molecule has 0 atom stereocenters. The van der Waals surface area contributed by atoms with Gasteiger partial charge in [0.2, 0.25) is 5.95 Å². The van der Waals surface area contributed by atoms with E-state index in [1.54, 1.807) is 0 Å². The fourth-order valence-corrected chi connectivity index (χ4v) is 9.04. The van der Waals surface area contributed by atoms with Crippen molar-refractivity contribution >= 4 is 85.8 Å². The number of fused-ring (bicyclic) bond motifs is 10. The lowest BCUT2D eigenvalue weighted by Gasteiger charge is -2.16. The van der Waals surface area contributed by atoms with Crippen molar-refractivity contribution < 1.29 is 0 Å². The van der Waals surface area contributed by atoms with Crippen LogP contribution in [0, 0.1) is 0 Å². The first-order chi connectivity index (χ1) is 24.8. The predicted octanol–water partition coefficient (Wildman–Crippen LogP) is 12.7. The normalized spacial score (nSPS) is 12.0. The van der Waals surface area contributed by atoms with Crippen LogP contribution in [-0.4, -0.2) is 14.5 Å². The van der Waals surface area contributed by atoms with E-state index in [1.807, 2.05) is 11.3 Å². The van der Waals surface area contributed by atoms with Gasteiger partial charge in [-0.15, -0.1) is 11.3 Å². The molecule has 50 heavy (non-hydrogen) atoms. The number of rotatable bonds is 3. The second-order valence-electron chi connectivity index (χ2n) is 13.0. The van der Waals surface area contributed by atoms with E-state index in [0.717, 1.165) is 33.2 Å². The molecule has 3 aromatic heterocycles. The SMILES string of the molecule is c1ccc(-c2nc(-n3c4c(-c5ccc6sc7ccccc7c6c5)c5ccccc5cc4c4ccc5ccccc5c43)nc3ccccc23)cc1. The molecular formula is C46H27N3S. The van der Waals surface area contributed by atoms with Crippen molar-refractivity contribution in [3.05, 3.63) is 164 Å². The molecule has 0 saturated heterocycles. The topological polar surface area (TPSA) is 30.7 Å². The lowest BCUT2D eigenvalue weighted by Crippen LogP contribution is -2.04. The van der Waals surface area contributed by atoms with Crippen LogP contribution in [0.5, 0.6) is 0 Å². The number of aromatic nitrogens is 3. The highest BCUT2D eigenvalue weighted by Gasteiger charge is 2.24. The average Bonchev–Trinajstić information content (AvgIpc) is 3.72. The summed E-state index contributed by atoms with van der Waals surface area (Å²) < 4.78 is 4.95. The summed E-state index contributed by atoms with van der Waals surface area (Å²) in [5.41, 5.74) is 7.51. The highest BCUT2D eigenvalue weighted by Crippen LogP contribution is 2.46. The largest absolute Gasteiger partial charge is 0.277 e. The first-order valence-corrected chi connectivity index (χ1v) is 17.7. The summed E-state index contributed by atoms with van der Waals surface area (Å²) in [4.78, 5) is 10.8. The maximum absolute atomic E-state index is 5.47. The van der Waals surface area contributed by atoms with Gasteiger partial charge in [-0.25, -0.2) is 9.97 Å². The molecule has 0 aliphatic carbocycles. The molecule has 0 bridgehead atoms. The van der Waals surface area contributed by atoms with Crippen molar-refractivity contribution in [2.24, 2.45) is 0 Å². The van der Waals surface area contributed by atoms with Crippen molar-refractivity contribution in [2.75, 3.05) is 0 Å². The van der Waals surface area contributed by atoms with E-state index in [1.165, 1.54) is 63.6 Å². The Kier molecular flexibility index (Phi) is 5.83. The maximum atomic E-state index is 5.47. The second kappa shape index (κ2) is 10.6. The molecule has 0 radical (unpaired) electrons. The number of hydrogen-bond acceptors (Lipinski definition) is 3. The highest BCUT2D eigenvalue weighted by molar-refractivity contribution is 7.25. The third kappa shape index (κ3) is 3.97. The molecule has 0 amide bonds. The second-order valence-corrected chi connectivity index (χ2v) is 14.0. The van der Waals surface area contributed by atoms with E-state index >= 15 is 0 Å². The van der Waals surface area contributed by atoms with E-state index in [0.29, 0.717) is 5.95 Å². The molecule has 8 aromatic carbocycles. The molecule has 0 saturated carbocycles. The van der Waals surface area contributed by atoms with Crippen LogP contribution in [0.1, 0.15) is 0 Å². The molecule has 3 heterocycles. The van der Waals surface area contributed by atoms with Crippen LogP contribution in [0.3, 0.4) is 0 Å². The Morgan fingerprint density at radius 3 is 1.98 bits per heavy atom. The van der Waals surface area contributed by atoms with Crippen LogP contribution < -0.4 is 0 Å². The summed E-state index contributed by atoms with van der Waals surface area (Å²) >= 11 is 1.85. The van der Waals surface area contributed by atoms with Crippen molar-refractivity contribution in [3.8, 4) is 28.3 Å². The summed E-state index contributed by atoms with van der Waals surface area (Å²) in [5.74, 6) is 0.664. The quantitative estimate of drug-likeness (QED) is 0.190. The third-order valence-electron chi connectivity index (χ3n) is 10.2. The van der Waals surface area contributed by atoms with Gasteiger partial charge in [0.1, 0.15) is 0 Å². The Bertz CT molecular complexity index is 3150. The zero-order chi connectivity index (χ0) is 32.8. The summed E-state index contributed by atoms with van der Waals surface area (Å²) in [6.07, 6.45) is 0. The van der Waals surface area contributed by atoms with Gasteiger partial charge in [0.25, 0.3) is 0 Å². The zero-order valence-electron chi connectivity index (χ0n) is 26.8. The summed E-state index contributed by atoms with van der Waals surface area (Å²) in [5, 5.41) is 10.8. The number of nitrogens with zero attached hydrogens (tertiary/aromatic N) is 3. The molecule has 0 unspecified atom stereocenters. The minimum absolute atomic E-state index is 0.664. The molecule has 232 valence electrons. The molecule has 3 nitrogen and oxygen atoms in total. The van der Waals surface area contributed by atoms with Gasteiger partial charge in [0.15, 0.2) is 0 Å². The first-order valence-electron chi connectivity index (χ1n) is 16.9. The Morgan fingerprint density at radius 1 is 0.400 bits per heavy atom. The Morgan fingerprint density at radius 2 is 1.10 bits per heavy atom. The van der Waals surface area contributed by atoms with E-state index < -0.39 is 0 Å². The summed E-state index contributed by atoms with van der Waals surface area (Å²) in [6, 6.07) is 58.9. The molecule has 0 N–H and O–H groups in total. The van der Waals surface area contributed by atoms with E-state index in [-0.39, 0.29) is 0 Å². The molecule has 0 aliphatic rings. The Labute approximate surface area is 291 Å². The number of benzene rings is 8. The van der Waals surface area contributed by atoms with Gasteiger partial charge in [0.05, 0.1) is 22.2 Å². The third-order valence-corrected chi connectivity index (χ3v) is 11.3.